The van der Waals surface area contributed by atoms with Crippen molar-refractivity contribution in [3.8, 4) is 17.2 Å². The predicted octanol–water partition coefficient (Wildman–Crippen LogP) is 3.01. The second-order valence-corrected chi connectivity index (χ2v) is 3.73. The van der Waals surface area contributed by atoms with Crippen molar-refractivity contribution >= 4 is 5.97 Å². The number of hydrogen-bond acceptors (Lipinski definition) is 3. The maximum atomic E-state index is 11.5. The van der Waals surface area contributed by atoms with E-state index in [1.54, 1.807) is 12.1 Å². The maximum absolute atomic E-state index is 11.5. The molecule has 2 aromatic carbocycles. The first-order valence-electron chi connectivity index (χ1n) is 5.44. The summed E-state index contributed by atoms with van der Waals surface area (Å²) in [5.41, 5.74) is 2.52. The van der Waals surface area contributed by atoms with Crippen LogP contribution in [0.3, 0.4) is 0 Å². The molecule has 0 saturated heterocycles. The third-order valence-electron chi connectivity index (χ3n) is 2.65. The molecule has 0 amide bonds. The Morgan fingerprint density at radius 3 is 2.44 bits per heavy atom. The van der Waals surface area contributed by atoms with Crippen LogP contribution in [-0.4, -0.2) is 13.1 Å². The Bertz CT molecular complexity index is 612. The summed E-state index contributed by atoms with van der Waals surface area (Å²) in [6, 6.07) is 16.8. The number of carbonyl (C=O) groups excluding carboxylic acids is 1. The highest BCUT2D eigenvalue weighted by atomic mass is 16.5. The van der Waals surface area contributed by atoms with Gasteiger partial charge in [-0.05, 0) is 23.3 Å². The number of hydrogen-bond donors (Lipinski definition) is 0. The molecule has 2 rings (SSSR count). The summed E-state index contributed by atoms with van der Waals surface area (Å²) < 4.78 is 4.63. The van der Waals surface area contributed by atoms with Gasteiger partial charge < -0.3 is 4.74 Å². The number of carbonyl (C=O) groups is 1. The maximum Gasteiger partial charge on any atom is 0.339 e. The molecule has 0 N–H and O–H groups in total. The Morgan fingerprint density at radius 2 is 1.83 bits per heavy atom. The summed E-state index contributed by atoms with van der Waals surface area (Å²) in [4.78, 5) is 11.5. The molecule has 3 heteroatoms. The fourth-order valence-corrected chi connectivity index (χ4v) is 1.73. The van der Waals surface area contributed by atoms with Gasteiger partial charge in [0.2, 0.25) is 0 Å². The second-order valence-electron chi connectivity index (χ2n) is 3.73. The molecule has 0 aliphatic heterocycles. The van der Waals surface area contributed by atoms with Gasteiger partial charge in [-0.25, -0.2) is 4.79 Å². The largest absolute Gasteiger partial charge is 0.465 e. The molecular formula is C15H11NO2. The zero-order valence-electron chi connectivity index (χ0n) is 9.88. The van der Waals surface area contributed by atoms with E-state index in [0.717, 1.165) is 11.1 Å². The molecule has 0 aliphatic rings. The van der Waals surface area contributed by atoms with Gasteiger partial charge in [0.25, 0.3) is 0 Å². The highest BCUT2D eigenvalue weighted by Crippen LogP contribution is 2.22. The minimum Gasteiger partial charge on any atom is -0.465 e. The Labute approximate surface area is 105 Å². The van der Waals surface area contributed by atoms with Gasteiger partial charge in [0.1, 0.15) is 6.07 Å². The molecular weight excluding hydrogens is 226 g/mol. The smallest absolute Gasteiger partial charge is 0.339 e. The van der Waals surface area contributed by atoms with Crippen LogP contribution >= 0.6 is 0 Å². The Kier molecular flexibility index (Phi) is 3.40. The lowest BCUT2D eigenvalue weighted by Gasteiger charge is -2.05. The molecule has 0 spiro atoms. The van der Waals surface area contributed by atoms with E-state index in [1.807, 2.05) is 42.5 Å². The van der Waals surface area contributed by atoms with Crippen molar-refractivity contribution in [3.63, 3.8) is 0 Å². The van der Waals surface area contributed by atoms with Crippen molar-refractivity contribution in [2.24, 2.45) is 0 Å². The molecule has 0 aliphatic carbocycles. The number of methoxy groups -OCH3 is 1. The van der Waals surface area contributed by atoms with E-state index >= 15 is 0 Å². The van der Waals surface area contributed by atoms with E-state index in [1.165, 1.54) is 7.11 Å². The van der Waals surface area contributed by atoms with Crippen molar-refractivity contribution in [1.29, 1.82) is 5.26 Å². The molecule has 2 aromatic rings. The van der Waals surface area contributed by atoms with E-state index in [2.05, 4.69) is 4.74 Å². The van der Waals surface area contributed by atoms with Crippen molar-refractivity contribution in [3.05, 3.63) is 59.7 Å². The van der Waals surface area contributed by atoms with Crippen LogP contribution in [0.25, 0.3) is 11.1 Å². The summed E-state index contributed by atoms with van der Waals surface area (Å²) in [6.07, 6.45) is 0. The minimum atomic E-state index is -0.494. The van der Waals surface area contributed by atoms with Crippen LogP contribution in [0.2, 0.25) is 0 Å². The molecule has 0 unspecified atom stereocenters. The van der Waals surface area contributed by atoms with Crippen LogP contribution in [0, 0.1) is 11.3 Å². The third kappa shape index (κ3) is 2.23. The molecule has 88 valence electrons. The van der Waals surface area contributed by atoms with E-state index < -0.39 is 5.97 Å². The molecule has 0 atom stereocenters. The lowest BCUT2D eigenvalue weighted by atomic mass is 10.00. The van der Waals surface area contributed by atoms with Crippen LogP contribution in [-0.2, 0) is 4.74 Å². The number of benzene rings is 2. The minimum absolute atomic E-state index is 0.291. The van der Waals surface area contributed by atoms with Gasteiger partial charge in [-0.15, -0.1) is 0 Å². The molecule has 0 bridgehead atoms. The molecule has 3 nitrogen and oxygen atoms in total. The van der Waals surface area contributed by atoms with Crippen LogP contribution in [0.15, 0.2) is 48.5 Å². The van der Waals surface area contributed by atoms with Gasteiger partial charge in [-0.2, -0.15) is 5.26 Å². The summed E-state index contributed by atoms with van der Waals surface area (Å²) in [7, 11) is 1.30. The number of nitrogens with zero attached hydrogens (tertiary/aromatic N) is 1. The fourth-order valence-electron chi connectivity index (χ4n) is 1.73. The number of rotatable bonds is 2. The first-order chi connectivity index (χ1) is 8.76. The number of ether oxygens (including phenoxy) is 1. The Morgan fingerprint density at radius 1 is 1.11 bits per heavy atom. The van der Waals surface area contributed by atoms with Gasteiger partial charge in [-0.3, -0.25) is 0 Å². The lowest BCUT2D eigenvalue weighted by molar-refractivity contribution is 0.0600. The molecule has 0 heterocycles. The third-order valence-corrected chi connectivity index (χ3v) is 2.65. The van der Waals surface area contributed by atoms with Crippen molar-refractivity contribution < 1.29 is 9.53 Å². The monoisotopic (exact) mass is 237 g/mol. The van der Waals surface area contributed by atoms with Crippen LogP contribution in [0.1, 0.15) is 15.9 Å². The zero-order valence-corrected chi connectivity index (χ0v) is 9.88. The van der Waals surface area contributed by atoms with Crippen molar-refractivity contribution in [2.45, 2.75) is 0 Å². The molecule has 0 fully saturated rings. The Balaban J connectivity index is 2.50. The molecule has 18 heavy (non-hydrogen) atoms. The lowest BCUT2D eigenvalue weighted by Crippen LogP contribution is -2.04. The number of esters is 1. The highest BCUT2D eigenvalue weighted by Gasteiger charge is 2.12. The van der Waals surface area contributed by atoms with Gasteiger partial charge in [0.05, 0.1) is 18.2 Å². The average Bonchev–Trinajstić information content (AvgIpc) is 2.46. The first kappa shape index (κ1) is 11.9. The number of nitriles is 1. The fraction of sp³-hybridized carbons (Fsp3) is 0.0667. The molecule has 0 radical (unpaired) electrons. The standard InChI is InChI=1S/C15H11NO2/c1-18-15(17)14-8-7-12(9-13(14)10-16)11-5-3-2-4-6-11/h2-9H,1H3. The second kappa shape index (κ2) is 5.15. The van der Waals surface area contributed by atoms with E-state index in [-0.39, 0.29) is 0 Å². The van der Waals surface area contributed by atoms with Crippen LogP contribution in [0.4, 0.5) is 0 Å². The van der Waals surface area contributed by atoms with Gasteiger partial charge in [-0.1, -0.05) is 36.4 Å². The van der Waals surface area contributed by atoms with Crippen molar-refractivity contribution in [2.75, 3.05) is 7.11 Å². The first-order valence-corrected chi connectivity index (χ1v) is 5.44. The van der Waals surface area contributed by atoms with Crippen molar-refractivity contribution in [1.82, 2.24) is 0 Å². The summed E-state index contributed by atoms with van der Waals surface area (Å²) in [5.74, 6) is -0.494. The average molecular weight is 237 g/mol. The van der Waals surface area contributed by atoms with E-state index in [0.29, 0.717) is 11.1 Å². The summed E-state index contributed by atoms with van der Waals surface area (Å²) >= 11 is 0. The SMILES string of the molecule is COC(=O)c1ccc(-c2ccccc2)cc1C#N. The van der Waals surface area contributed by atoms with E-state index in [4.69, 9.17) is 5.26 Å². The highest BCUT2D eigenvalue weighted by molar-refractivity contribution is 5.93. The van der Waals surface area contributed by atoms with Crippen LogP contribution < -0.4 is 0 Å². The quantitative estimate of drug-likeness (QED) is 0.754. The zero-order chi connectivity index (χ0) is 13.0. The molecule has 0 aromatic heterocycles. The summed E-state index contributed by atoms with van der Waals surface area (Å²) in [6.45, 7) is 0. The van der Waals surface area contributed by atoms with Gasteiger partial charge in [0.15, 0.2) is 0 Å². The summed E-state index contributed by atoms with van der Waals surface area (Å²) in [5, 5.41) is 9.08. The normalized spacial score (nSPS) is 9.56. The van der Waals surface area contributed by atoms with Crippen LogP contribution in [0.5, 0.6) is 0 Å². The Hall–Kier alpha value is -2.60. The van der Waals surface area contributed by atoms with E-state index in [9.17, 15) is 4.79 Å². The van der Waals surface area contributed by atoms with Gasteiger partial charge >= 0.3 is 5.97 Å². The topological polar surface area (TPSA) is 50.1 Å². The van der Waals surface area contributed by atoms with Gasteiger partial charge in [0, 0.05) is 0 Å². The predicted molar refractivity (Wildman–Crippen MR) is 67.9 cm³/mol. The molecule has 0 saturated carbocycles.